The molecular weight excluding hydrogens is 342 g/mol. The number of amides is 1. The van der Waals surface area contributed by atoms with Crippen LogP contribution in [0.3, 0.4) is 0 Å². The Hall–Kier alpha value is -3.07. The number of benzene rings is 1. The van der Waals surface area contributed by atoms with Gasteiger partial charge in [0.05, 0.1) is 5.56 Å². The summed E-state index contributed by atoms with van der Waals surface area (Å²) in [6.07, 6.45) is 4.64. The summed E-state index contributed by atoms with van der Waals surface area (Å²) < 4.78 is 0. The first-order valence-electron chi connectivity index (χ1n) is 9.22. The number of piperidine rings is 1. The van der Waals surface area contributed by atoms with Crippen LogP contribution in [0.1, 0.15) is 52.9 Å². The summed E-state index contributed by atoms with van der Waals surface area (Å²) >= 11 is 0. The maximum absolute atomic E-state index is 13.1. The number of aromatic amines is 1. The van der Waals surface area contributed by atoms with Crippen LogP contribution < -0.4 is 5.56 Å². The van der Waals surface area contributed by atoms with Gasteiger partial charge in [-0.3, -0.25) is 9.59 Å². The van der Waals surface area contributed by atoms with Crippen LogP contribution in [0, 0.1) is 18.3 Å². The molecule has 1 saturated heterocycles. The van der Waals surface area contributed by atoms with Crippen LogP contribution >= 0.6 is 0 Å². The fraction of sp³-hybridized carbons (Fsp3) is 0.381. The van der Waals surface area contributed by atoms with E-state index in [1.165, 1.54) is 6.07 Å². The molecule has 1 fully saturated rings. The van der Waals surface area contributed by atoms with Crippen LogP contribution in [0.25, 0.3) is 0 Å². The molecule has 2 N–H and O–H groups in total. The number of carbonyl (C=O) groups is 1. The van der Waals surface area contributed by atoms with Gasteiger partial charge in [-0.2, -0.15) is 5.26 Å². The molecule has 2 heterocycles. The lowest BCUT2D eigenvalue weighted by atomic mass is 9.94. The van der Waals surface area contributed by atoms with Gasteiger partial charge in [-0.25, -0.2) is 0 Å². The number of H-pyrrole nitrogens is 1. The molecule has 0 saturated carbocycles. The molecule has 0 aliphatic carbocycles. The van der Waals surface area contributed by atoms with Crippen LogP contribution in [0.5, 0.6) is 5.75 Å². The number of nitriles is 1. The molecular formula is C21H23N3O3. The molecule has 0 bridgehead atoms. The summed E-state index contributed by atoms with van der Waals surface area (Å²) in [6, 6.07) is 10.5. The third-order valence-corrected chi connectivity index (χ3v) is 5.18. The Balaban J connectivity index is 1.78. The van der Waals surface area contributed by atoms with E-state index in [0.717, 1.165) is 37.7 Å². The molecule has 27 heavy (non-hydrogen) atoms. The molecule has 1 atom stereocenters. The Kier molecular flexibility index (Phi) is 5.60. The second-order valence-electron chi connectivity index (χ2n) is 7.02. The second-order valence-corrected chi connectivity index (χ2v) is 7.02. The lowest BCUT2D eigenvalue weighted by molar-refractivity contribution is 0.0600. The minimum absolute atomic E-state index is 0.0402. The molecule has 2 aromatic rings. The van der Waals surface area contributed by atoms with E-state index < -0.39 is 5.56 Å². The number of hydrogen-bond acceptors (Lipinski definition) is 4. The summed E-state index contributed by atoms with van der Waals surface area (Å²) in [5.74, 6) is 0.116. The van der Waals surface area contributed by atoms with Crippen LogP contribution in [-0.4, -0.2) is 33.5 Å². The molecule has 6 heteroatoms. The van der Waals surface area contributed by atoms with E-state index in [-0.39, 0.29) is 23.3 Å². The van der Waals surface area contributed by atoms with Crippen molar-refractivity contribution in [3.8, 4) is 11.8 Å². The highest BCUT2D eigenvalue weighted by Crippen LogP contribution is 2.24. The van der Waals surface area contributed by atoms with Gasteiger partial charge < -0.3 is 15.0 Å². The van der Waals surface area contributed by atoms with Gasteiger partial charge in [0.25, 0.3) is 11.5 Å². The maximum Gasteiger partial charge on any atom is 0.266 e. The molecule has 1 aliphatic rings. The van der Waals surface area contributed by atoms with Gasteiger partial charge in [0.2, 0.25) is 0 Å². The molecule has 140 valence electrons. The number of nitrogens with one attached hydrogen (secondary N) is 1. The highest BCUT2D eigenvalue weighted by molar-refractivity contribution is 5.95. The first kappa shape index (κ1) is 18.7. The van der Waals surface area contributed by atoms with Crippen molar-refractivity contribution in [1.82, 2.24) is 9.88 Å². The Morgan fingerprint density at radius 3 is 2.78 bits per heavy atom. The second kappa shape index (κ2) is 8.09. The first-order valence-corrected chi connectivity index (χ1v) is 9.22. The van der Waals surface area contributed by atoms with Gasteiger partial charge in [-0.1, -0.05) is 12.1 Å². The Labute approximate surface area is 158 Å². The third-order valence-electron chi connectivity index (χ3n) is 5.18. The van der Waals surface area contributed by atoms with Crippen molar-refractivity contribution in [1.29, 1.82) is 5.26 Å². The number of phenols is 1. The molecule has 1 aromatic carbocycles. The Morgan fingerprint density at radius 2 is 2.07 bits per heavy atom. The van der Waals surface area contributed by atoms with E-state index >= 15 is 0 Å². The number of phenolic OH excluding ortho intramolecular Hbond substituents is 1. The SMILES string of the molecule is Cc1[nH]c(=O)c(C#N)cc1C(=O)N1CCCCC1CCc1ccc(O)cc1. The summed E-state index contributed by atoms with van der Waals surface area (Å²) in [6.45, 7) is 2.37. The number of aromatic nitrogens is 1. The standard InChI is InChI=1S/C21H23N3O3/c1-14-19(12-16(13-22)20(26)23-14)21(27)24-11-3-2-4-17(24)8-5-15-6-9-18(25)10-7-15/h6-7,9-10,12,17,25H,2-5,8,11H2,1H3,(H,23,26). The Bertz CT molecular complexity index is 925. The van der Waals surface area contributed by atoms with Crippen molar-refractivity contribution in [2.75, 3.05) is 6.54 Å². The molecule has 3 rings (SSSR count). The lowest BCUT2D eigenvalue weighted by Crippen LogP contribution is -2.44. The molecule has 0 radical (unpaired) electrons. The van der Waals surface area contributed by atoms with Gasteiger partial charge >= 0.3 is 0 Å². The van der Waals surface area contributed by atoms with Crippen molar-refractivity contribution in [3.05, 3.63) is 63.1 Å². The van der Waals surface area contributed by atoms with Gasteiger partial charge in [0.1, 0.15) is 17.4 Å². The Morgan fingerprint density at radius 1 is 1.33 bits per heavy atom. The summed E-state index contributed by atoms with van der Waals surface area (Å²) in [4.78, 5) is 29.4. The number of nitrogens with zero attached hydrogens (tertiary/aromatic N) is 2. The normalized spacial score (nSPS) is 16.7. The monoisotopic (exact) mass is 365 g/mol. The molecule has 6 nitrogen and oxygen atoms in total. The van der Waals surface area contributed by atoms with Crippen LogP contribution in [0.15, 0.2) is 35.1 Å². The van der Waals surface area contributed by atoms with E-state index in [1.54, 1.807) is 19.1 Å². The predicted molar refractivity (Wildman–Crippen MR) is 102 cm³/mol. The number of pyridine rings is 1. The smallest absolute Gasteiger partial charge is 0.266 e. The summed E-state index contributed by atoms with van der Waals surface area (Å²) in [5, 5.41) is 18.5. The fourth-order valence-corrected chi connectivity index (χ4v) is 3.65. The topological polar surface area (TPSA) is 97.2 Å². The molecule has 0 spiro atoms. The quantitative estimate of drug-likeness (QED) is 0.870. The lowest BCUT2D eigenvalue weighted by Gasteiger charge is -2.36. The number of aromatic hydroxyl groups is 1. The minimum atomic E-state index is -0.464. The average Bonchev–Trinajstić information content (AvgIpc) is 2.67. The molecule has 1 unspecified atom stereocenters. The maximum atomic E-state index is 13.1. The number of rotatable bonds is 4. The van der Waals surface area contributed by atoms with Crippen molar-refractivity contribution >= 4 is 5.91 Å². The van der Waals surface area contributed by atoms with Crippen LogP contribution in [0.2, 0.25) is 0 Å². The number of hydrogen-bond donors (Lipinski definition) is 2. The third kappa shape index (κ3) is 4.20. The van der Waals surface area contributed by atoms with Crippen LogP contribution in [-0.2, 0) is 6.42 Å². The minimum Gasteiger partial charge on any atom is -0.508 e. The van der Waals surface area contributed by atoms with E-state index in [4.69, 9.17) is 5.26 Å². The van der Waals surface area contributed by atoms with E-state index in [2.05, 4.69) is 4.98 Å². The predicted octanol–water partition coefficient (Wildman–Crippen LogP) is 2.89. The number of aryl methyl sites for hydroxylation is 2. The van der Waals surface area contributed by atoms with E-state index in [9.17, 15) is 14.7 Å². The van der Waals surface area contributed by atoms with Crippen molar-refractivity contribution in [3.63, 3.8) is 0 Å². The van der Waals surface area contributed by atoms with Crippen molar-refractivity contribution in [2.45, 2.75) is 45.1 Å². The van der Waals surface area contributed by atoms with E-state index in [1.807, 2.05) is 23.1 Å². The van der Waals surface area contributed by atoms with Gasteiger partial charge in [0.15, 0.2) is 0 Å². The highest BCUT2D eigenvalue weighted by atomic mass is 16.3. The van der Waals surface area contributed by atoms with Gasteiger partial charge in [-0.05, 0) is 62.8 Å². The first-order chi connectivity index (χ1) is 13.0. The largest absolute Gasteiger partial charge is 0.508 e. The zero-order valence-corrected chi connectivity index (χ0v) is 15.4. The fourth-order valence-electron chi connectivity index (χ4n) is 3.65. The molecule has 1 aromatic heterocycles. The molecule has 1 aliphatic heterocycles. The number of carbonyl (C=O) groups excluding carboxylic acids is 1. The molecule has 1 amide bonds. The van der Waals surface area contributed by atoms with Gasteiger partial charge in [-0.15, -0.1) is 0 Å². The zero-order valence-electron chi connectivity index (χ0n) is 15.4. The van der Waals surface area contributed by atoms with Gasteiger partial charge in [0, 0.05) is 18.3 Å². The van der Waals surface area contributed by atoms with Crippen LogP contribution in [0.4, 0.5) is 0 Å². The van der Waals surface area contributed by atoms with Crippen molar-refractivity contribution < 1.29 is 9.90 Å². The highest BCUT2D eigenvalue weighted by Gasteiger charge is 2.28. The van der Waals surface area contributed by atoms with E-state index in [0.29, 0.717) is 17.8 Å². The average molecular weight is 365 g/mol. The summed E-state index contributed by atoms with van der Waals surface area (Å²) in [7, 11) is 0. The zero-order chi connectivity index (χ0) is 19.4. The summed E-state index contributed by atoms with van der Waals surface area (Å²) in [5.41, 5.74) is 1.50. The van der Waals surface area contributed by atoms with Crippen molar-refractivity contribution in [2.24, 2.45) is 0 Å². The number of likely N-dealkylation sites (tertiary alicyclic amines) is 1.